The van der Waals surface area contributed by atoms with Crippen LogP contribution in [-0.4, -0.2) is 41.0 Å². The number of hydrogen-bond acceptors (Lipinski definition) is 6. The van der Waals surface area contributed by atoms with E-state index in [1.807, 2.05) is 42.5 Å². The highest BCUT2D eigenvalue weighted by atomic mass is 16.6. The number of ether oxygens (including phenoxy) is 2. The van der Waals surface area contributed by atoms with Crippen molar-refractivity contribution in [3.05, 3.63) is 94.0 Å². The summed E-state index contributed by atoms with van der Waals surface area (Å²) in [5, 5.41) is 12.1. The van der Waals surface area contributed by atoms with Gasteiger partial charge in [0.25, 0.3) is 11.6 Å². The Balaban J connectivity index is 1.54. The second-order valence-corrected chi connectivity index (χ2v) is 7.98. The molecule has 0 saturated heterocycles. The van der Waals surface area contributed by atoms with Crippen LogP contribution >= 0.6 is 0 Å². The predicted octanol–water partition coefficient (Wildman–Crippen LogP) is 4.85. The second kappa shape index (κ2) is 8.82. The lowest BCUT2D eigenvalue weighted by atomic mass is 10.0. The minimum atomic E-state index is -0.435. The molecule has 0 radical (unpaired) electrons. The highest BCUT2D eigenvalue weighted by Gasteiger charge is 2.21. The first-order valence-electron chi connectivity index (χ1n) is 10.8. The van der Waals surface area contributed by atoms with E-state index in [2.05, 4.69) is 0 Å². The number of aromatic nitrogens is 1. The fourth-order valence-electron chi connectivity index (χ4n) is 4.06. The van der Waals surface area contributed by atoms with Gasteiger partial charge in [-0.3, -0.25) is 14.9 Å². The summed E-state index contributed by atoms with van der Waals surface area (Å²) in [6.07, 6.45) is 0. The molecule has 0 atom stereocenters. The van der Waals surface area contributed by atoms with Gasteiger partial charge in [-0.15, -0.1) is 0 Å². The third-order valence-electron chi connectivity index (χ3n) is 5.73. The van der Waals surface area contributed by atoms with Crippen LogP contribution in [0.1, 0.15) is 15.9 Å². The van der Waals surface area contributed by atoms with Gasteiger partial charge in [0.1, 0.15) is 13.2 Å². The first kappa shape index (κ1) is 21.4. The zero-order valence-corrected chi connectivity index (χ0v) is 18.4. The van der Waals surface area contributed by atoms with Crippen molar-refractivity contribution in [1.29, 1.82) is 0 Å². The van der Waals surface area contributed by atoms with Gasteiger partial charge in [-0.1, -0.05) is 36.4 Å². The molecule has 8 nitrogen and oxygen atoms in total. The van der Waals surface area contributed by atoms with Gasteiger partial charge in [0.05, 0.1) is 28.2 Å². The number of benzene rings is 3. The lowest BCUT2D eigenvalue weighted by Crippen LogP contribution is -2.27. The van der Waals surface area contributed by atoms with Gasteiger partial charge in [-0.05, 0) is 30.3 Å². The van der Waals surface area contributed by atoms with Gasteiger partial charge < -0.3 is 14.4 Å². The van der Waals surface area contributed by atoms with Crippen LogP contribution in [0.3, 0.4) is 0 Å². The molecular formula is C26H21N3O5. The molecule has 3 aromatic carbocycles. The number of nitro groups is 1. The van der Waals surface area contributed by atoms with Gasteiger partial charge in [0, 0.05) is 29.6 Å². The Bertz CT molecular complexity index is 1420. The van der Waals surface area contributed by atoms with E-state index in [9.17, 15) is 14.9 Å². The lowest BCUT2D eigenvalue weighted by Gasteiger charge is -2.20. The molecular weight excluding hydrogens is 434 g/mol. The number of fused-ring (bicyclic) bond motifs is 2. The third-order valence-corrected chi connectivity index (χ3v) is 5.73. The maximum Gasteiger partial charge on any atom is 0.274 e. The van der Waals surface area contributed by atoms with Gasteiger partial charge in [0.2, 0.25) is 0 Å². The fraction of sp³-hybridized carbons (Fsp3) is 0.154. The molecule has 0 spiro atoms. The Hall–Kier alpha value is -4.46. The van der Waals surface area contributed by atoms with Crippen LogP contribution in [0, 0.1) is 10.1 Å². The number of carbonyl (C=O) groups is 1. The summed E-state index contributed by atoms with van der Waals surface area (Å²) in [4.78, 5) is 30.8. The SMILES string of the molecule is CN(Cc1ccccc1[N+](=O)[O-])C(=O)c1cc(-c2ccc3c(c2)OCCO3)nc2ccccc12. The van der Waals surface area contributed by atoms with Gasteiger partial charge >= 0.3 is 0 Å². The number of para-hydroxylation sites is 2. The summed E-state index contributed by atoms with van der Waals surface area (Å²) >= 11 is 0. The molecule has 0 bridgehead atoms. The molecule has 1 amide bonds. The quantitative estimate of drug-likeness (QED) is 0.315. The molecule has 0 unspecified atom stereocenters. The van der Waals surface area contributed by atoms with Crippen molar-refractivity contribution in [2.75, 3.05) is 20.3 Å². The number of nitrogens with zero attached hydrogens (tertiary/aromatic N) is 3. The maximum atomic E-state index is 13.5. The van der Waals surface area contributed by atoms with Gasteiger partial charge in [0.15, 0.2) is 11.5 Å². The number of nitro benzene ring substituents is 1. The van der Waals surface area contributed by atoms with E-state index in [0.29, 0.717) is 52.4 Å². The van der Waals surface area contributed by atoms with Crippen LogP contribution in [0.2, 0.25) is 0 Å². The van der Waals surface area contributed by atoms with E-state index in [4.69, 9.17) is 14.5 Å². The standard InChI is InChI=1S/C26H21N3O5/c1-28(16-18-6-2-5-9-23(18)29(31)32)26(30)20-15-22(27-21-8-4-3-7-19(20)21)17-10-11-24-25(14-17)34-13-12-33-24/h2-11,14-15H,12-13,16H2,1H3. The monoisotopic (exact) mass is 455 g/mol. The number of amides is 1. The lowest BCUT2D eigenvalue weighted by molar-refractivity contribution is -0.385. The highest BCUT2D eigenvalue weighted by molar-refractivity contribution is 6.07. The van der Waals surface area contributed by atoms with Crippen LogP contribution in [0.4, 0.5) is 5.69 Å². The maximum absolute atomic E-state index is 13.5. The molecule has 1 aliphatic rings. The van der Waals surface area contributed by atoms with Crippen LogP contribution in [0.15, 0.2) is 72.8 Å². The van der Waals surface area contributed by atoms with E-state index in [1.54, 1.807) is 31.3 Å². The topological polar surface area (TPSA) is 94.8 Å². The summed E-state index contributed by atoms with van der Waals surface area (Å²) in [5.74, 6) is 1.06. The summed E-state index contributed by atoms with van der Waals surface area (Å²) in [5.41, 5.74) is 3.02. The van der Waals surface area contributed by atoms with Crippen LogP contribution in [0.25, 0.3) is 22.2 Å². The second-order valence-electron chi connectivity index (χ2n) is 7.98. The normalized spacial score (nSPS) is 12.4. The Morgan fingerprint density at radius 2 is 1.74 bits per heavy atom. The zero-order valence-electron chi connectivity index (χ0n) is 18.4. The summed E-state index contributed by atoms with van der Waals surface area (Å²) in [6.45, 7) is 1.08. The van der Waals surface area contributed by atoms with Crippen molar-refractivity contribution in [1.82, 2.24) is 9.88 Å². The van der Waals surface area contributed by atoms with Crippen LogP contribution in [-0.2, 0) is 6.54 Å². The van der Waals surface area contributed by atoms with Crippen molar-refractivity contribution in [2.24, 2.45) is 0 Å². The average Bonchev–Trinajstić information content (AvgIpc) is 2.87. The Kier molecular flexibility index (Phi) is 5.55. The Labute approximate surface area is 195 Å². The molecule has 0 N–H and O–H groups in total. The van der Waals surface area contributed by atoms with Crippen LogP contribution in [0.5, 0.6) is 11.5 Å². The summed E-state index contributed by atoms with van der Waals surface area (Å²) in [6, 6.07) is 21.2. The largest absolute Gasteiger partial charge is 0.486 e. The molecule has 4 aromatic rings. The molecule has 0 saturated carbocycles. The predicted molar refractivity (Wildman–Crippen MR) is 127 cm³/mol. The van der Waals surface area contributed by atoms with Crippen molar-refractivity contribution in [3.63, 3.8) is 0 Å². The number of pyridine rings is 1. The molecule has 0 fully saturated rings. The minimum absolute atomic E-state index is 0.0151. The smallest absolute Gasteiger partial charge is 0.274 e. The van der Waals surface area contributed by atoms with Gasteiger partial charge in [-0.2, -0.15) is 0 Å². The molecule has 34 heavy (non-hydrogen) atoms. The molecule has 170 valence electrons. The first-order valence-corrected chi connectivity index (χ1v) is 10.8. The molecule has 2 heterocycles. The highest BCUT2D eigenvalue weighted by Crippen LogP contribution is 2.35. The Morgan fingerprint density at radius 1 is 1.00 bits per heavy atom. The summed E-state index contributed by atoms with van der Waals surface area (Å²) < 4.78 is 11.3. The van der Waals surface area contributed by atoms with E-state index >= 15 is 0 Å². The van der Waals surface area contributed by atoms with Crippen molar-refractivity contribution in [2.45, 2.75) is 6.54 Å². The Morgan fingerprint density at radius 3 is 2.56 bits per heavy atom. The van der Waals surface area contributed by atoms with E-state index in [-0.39, 0.29) is 18.1 Å². The molecule has 8 heteroatoms. The van der Waals surface area contributed by atoms with E-state index in [1.165, 1.54) is 11.0 Å². The van der Waals surface area contributed by atoms with E-state index in [0.717, 1.165) is 5.56 Å². The number of carbonyl (C=O) groups excluding carboxylic acids is 1. The van der Waals surface area contributed by atoms with Crippen LogP contribution < -0.4 is 9.47 Å². The molecule has 0 aliphatic carbocycles. The molecule has 1 aliphatic heterocycles. The van der Waals surface area contributed by atoms with Gasteiger partial charge in [-0.25, -0.2) is 4.98 Å². The fourth-order valence-corrected chi connectivity index (χ4v) is 4.06. The third kappa shape index (κ3) is 4.01. The first-order chi connectivity index (χ1) is 16.5. The number of hydrogen-bond donors (Lipinski definition) is 0. The molecule has 1 aromatic heterocycles. The zero-order chi connectivity index (χ0) is 23.7. The van der Waals surface area contributed by atoms with E-state index < -0.39 is 4.92 Å². The summed E-state index contributed by atoms with van der Waals surface area (Å²) in [7, 11) is 1.64. The number of rotatable bonds is 5. The van der Waals surface area contributed by atoms with Crippen molar-refractivity contribution >= 4 is 22.5 Å². The average molecular weight is 455 g/mol. The molecule has 5 rings (SSSR count). The van der Waals surface area contributed by atoms with Crippen molar-refractivity contribution in [3.8, 4) is 22.8 Å². The minimum Gasteiger partial charge on any atom is -0.486 e. The van der Waals surface area contributed by atoms with Crippen molar-refractivity contribution < 1.29 is 19.2 Å².